The van der Waals surface area contributed by atoms with E-state index in [-0.39, 0.29) is 0 Å². The zero-order valence-electron chi connectivity index (χ0n) is 4.94. The molecule has 0 spiro atoms. The van der Waals surface area contributed by atoms with Crippen LogP contribution in [0.3, 0.4) is 0 Å². The molecule has 0 radical (unpaired) electrons. The first kappa shape index (κ1) is 6.00. The molecule has 0 saturated carbocycles. The Kier molecular flexibility index (Phi) is 1.49. The molecule has 1 aromatic carbocycles. The Morgan fingerprint density at radius 2 is 2.10 bits per heavy atom. The first-order valence-corrected chi connectivity index (χ1v) is 4.81. The van der Waals surface area contributed by atoms with Crippen LogP contribution in [0.5, 0.6) is 0 Å². The zero-order chi connectivity index (χ0) is 6.81. The summed E-state index contributed by atoms with van der Waals surface area (Å²) in [5.41, 5.74) is 0.797. The molecule has 0 saturated heterocycles. The lowest BCUT2D eigenvalue weighted by molar-refractivity contribution is 0.124. The normalized spacial score (nSPS) is 10.0. The fourth-order valence-corrected chi connectivity index (χ4v) is 2.01. The van der Waals surface area contributed by atoms with Gasteiger partial charge in [-0.2, -0.15) is 0 Å². The van der Waals surface area contributed by atoms with E-state index < -0.39 is 0 Å². The van der Waals surface area contributed by atoms with Crippen molar-refractivity contribution in [2.24, 2.45) is 0 Å². The van der Waals surface area contributed by atoms with E-state index in [1.54, 1.807) is 10.3 Å². The maximum Gasteiger partial charge on any atom is 0.198 e. The minimum atomic E-state index is 0.797. The van der Waals surface area contributed by atoms with Crippen molar-refractivity contribution >= 4 is 31.3 Å². The predicted octanol–water partition coefficient (Wildman–Crippen LogP) is 3.27. The molecule has 52 valence electrons. The van der Waals surface area contributed by atoms with E-state index in [1.165, 1.54) is 10.6 Å². The molecule has 4 heteroatoms. The van der Waals surface area contributed by atoms with Crippen LogP contribution in [-0.2, 0) is 0 Å². The van der Waals surface area contributed by atoms with Crippen molar-refractivity contribution < 1.29 is 8.58 Å². The summed E-state index contributed by atoms with van der Waals surface area (Å²) in [4.78, 5) is 0. The summed E-state index contributed by atoms with van der Waals surface area (Å²) in [6, 6.07) is 7.76. The van der Waals surface area contributed by atoms with Crippen molar-refractivity contribution in [2.75, 3.05) is 0 Å². The van der Waals surface area contributed by atoms with Gasteiger partial charge >= 0.3 is 0 Å². The van der Waals surface area contributed by atoms with E-state index in [0.29, 0.717) is 0 Å². The molecule has 1 aromatic heterocycles. The molecule has 0 aliphatic rings. The van der Waals surface area contributed by atoms with Crippen molar-refractivity contribution in [3.8, 4) is 0 Å². The van der Waals surface area contributed by atoms with Crippen LogP contribution < -0.4 is 0 Å². The average molecular weight is 172 g/mol. The van der Waals surface area contributed by atoms with E-state index >= 15 is 0 Å². The van der Waals surface area contributed by atoms with Gasteiger partial charge < -0.3 is 0 Å². The van der Waals surface area contributed by atoms with E-state index in [4.69, 9.17) is 4.58 Å². The van der Waals surface area contributed by atoms with Gasteiger partial charge in [0.15, 0.2) is 16.2 Å². The van der Waals surface area contributed by atoms with Gasteiger partial charge in [-0.15, -0.1) is 0 Å². The van der Waals surface area contributed by atoms with E-state index in [2.05, 4.69) is 4.01 Å². The highest BCUT2D eigenvalue weighted by Gasteiger charge is 1.92. The molecule has 0 unspecified atom stereocenters. The second-order valence-electron chi connectivity index (χ2n) is 1.75. The van der Waals surface area contributed by atoms with Crippen LogP contribution in [0.2, 0.25) is 0 Å². The highest BCUT2D eigenvalue weighted by Crippen LogP contribution is 2.20. The molecule has 0 aliphatic carbocycles. The van der Waals surface area contributed by atoms with E-state index in [0.717, 1.165) is 10.3 Å². The summed E-state index contributed by atoms with van der Waals surface area (Å²) in [5, 5.41) is 0. The summed E-state index contributed by atoms with van der Waals surface area (Å²) >= 11 is 0. The molecule has 2 aromatic rings. The van der Waals surface area contributed by atoms with Crippen molar-refractivity contribution in [2.45, 2.75) is 0 Å². The lowest BCUT2D eigenvalue weighted by Crippen LogP contribution is -1.62. The molecule has 10 heavy (non-hydrogen) atoms. The zero-order valence-corrected chi connectivity index (χ0v) is 6.58. The SMILES string of the molecule is c1ccc2ssooc2c1. The monoisotopic (exact) mass is 172 g/mol. The third kappa shape index (κ3) is 0.955. The fourth-order valence-electron chi connectivity index (χ4n) is 0.689. The summed E-state index contributed by atoms with van der Waals surface area (Å²) in [6.45, 7) is 0. The lowest BCUT2D eigenvalue weighted by atomic mass is 10.4. The van der Waals surface area contributed by atoms with Gasteiger partial charge in [-0.3, -0.25) is 4.58 Å². The molecule has 0 atom stereocenters. The third-order valence-electron chi connectivity index (χ3n) is 1.12. The Labute approximate surface area is 64.5 Å². The Bertz CT molecular complexity index is 285. The number of benzene rings is 1. The van der Waals surface area contributed by atoms with Gasteiger partial charge in [0.2, 0.25) is 0 Å². The summed E-state index contributed by atoms with van der Waals surface area (Å²) < 4.78 is 10.7. The Morgan fingerprint density at radius 3 is 3.00 bits per heavy atom. The smallest absolute Gasteiger partial charge is 0.198 e. The number of fused-ring (bicyclic) bond motifs is 1. The first-order chi connectivity index (χ1) is 4.97. The van der Waals surface area contributed by atoms with Crippen molar-refractivity contribution in [1.82, 2.24) is 0 Å². The second kappa shape index (κ2) is 2.48. The lowest BCUT2D eigenvalue weighted by Gasteiger charge is -1.87. The van der Waals surface area contributed by atoms with Gasteiger partial charge in [0.1, 0.15) is 0 Å². The standard InChI is InChI=1S/C6H4O2S2/c1-2-4-6-5(3-1)7-8-10-9-6/h1-4H. The van der Waals surface area contributed by atoms with Gasteiger partial charge in [-0.25, -0.2) is 4.01 Å². The molecule has 1 heterocycles. The van der Waals surface area contributed by atoms with Crippen LogP contribution in [-0.4, -0.2) is 0 Å². The number of hydrogen-bond donors (Lipinski definition) is 0. The Morgan fingerprint density at radius 1 is 1.20 bits per heavy atom. The van der Waals surface area contributed by atoms with Gasteiger partial charge in [0.05, 0.1) is 4.70 Å². The fraction of sp³-hybridized carbons (Fsp3) is 0. The maximum absolute atomic E-state index is 4.87. The molecule has 0 fully saturated rings. The summed E-state index contributed by atoms with van der Waals surface area (Å²) in [7, 11) is 2.79. The quantitative estimate of drug-likeness (QED) is 0.450. The van der Waals surface area contributed by atoms with E-state index in [9.17, 15) is 0 Å². The van der Waals surface area contributed by atoms with Crippen LogP contribution in [0, 0.1) is 0 Å². The highest BCUT2D eigenvalue weighted by molar-refractivity contribution is 7.68. The minimum Gasteiger partial charge on any atom is -0.276 e. The molecular weight excluding hydrogens is 168 g/mol. The Hall–Kier alpha value is -0.740. The van der Waals surface area contributed by atoms with Gasteiger partial charge in [-0.1, -0.05) is 12.1 Å². The maximum atomic E-state index is 4.87. The van der Waals surface area contributed by atoms with Crippen LogP contribution >= 0.6 is 21.0 Å². The van der Waals surface area contributed by atoms with Crippen LogP contribution in [0.25, 0.3) is 10.3 Å². The summed E-state index contributed by atoms with van der Waals surface area (Å²) in [6.07, 6.45) is 0. The second-order valence-corrected chi connectivity index (χ2v) is 3.54. The van der Waals surface area contributed by atoms with Crippen LogP contribution in [0.4, 0.5) is 0 Å². The third-order valence-corrected chi connectivity index (χ3v) is 2.74. The van der Waals surface area contributed by atoms with Crippen molar-refractivity contribution in [3.05, 3.63) is 24.3 Å². The molecule has 0 bridgehead atoms. The van der Waals surface area contributed by atoms with Gasteiger partial charge in [0.25, 0.3) is 0 Å². The molecule has 0 aliphatic heterocycles. The van der Waals surface area contributed by atoms with Crippen molar-refractivity contribution in [3.63, 3.8) is 0 Å². The van der Waals surface area contributed by atoms with Crippen LogP contribution in [0.15, 0.2) is 32.9 Å². The van der Waals surface area contributed by atoms with E-state index in [1.807, 2.05) is 24.3 Å². The minimum absolute atomic E-state index is 0.797. The summed E-state index contributed by atoms with van der Waals surface area (Å²) in [5.74, 6) is 0. The van der Waals surface area contributed by atoms with Crippen molar-refractivity contribution in [1.29, 1.82) is 0 Å². The number of hydrogen-bond acceptors (Lipinski definition) is 4. The predicted molar refractivity (Wildman–Crippen MR) is 41.9 cm³/mol. The molecule has 0 N–H and O–H groups in total. The molecule has 0 amide bonds. The molecule has 2 nitrogen and oxygen atoms in total. The number of rotatable bonds is 0. The number of para-hydroxylation sites is 1. The topological polar surface area (TPSA) is 26.3 Å². The van der Waals surface area contributed by atoms with Crippen LogP contribution in [0.1, 0.15) is 0 Å². The molecule has 2 rings (SSSR count). The average Bonchev–Trinajstić information content (AvgIpc) is 2.05. The first-order valence-electron chi connectivity index (χ1n) is 2.74. The Balaban J connectivity index is 2.89. The van der Waals surface area contributed by atoms with Gasteiger partial charge in [0, 0.05) is 0 Å². The highest BCUT2D eigenvalue weighted by atomic mass is 32.9. The van der Waals surface area contributed by atoms with Gasteiger partial charge in [-0.05, 0) is 22.5 Å². The largest absolute Gasteiger partial charge is 0.276 e. The molecular formula is C6H4O2S2.